The van der Waals surface area contributed by atoms with Crippen LogP contribution in [-0.4, -0.2) is 61.1 Å². The molecule has 37 heavy (non-hydrogen) atoms. The van der Waals surface area contributed by atoms with Gasteiger partial charge in [0, 0.05) is 25.3 Å². The largest absolute Gasteiger partial charge is 0.477 e. The number of nitrogens with two attached hydrogens (primary N) is 1. The summed E-state index contributed by atoms with van der Waals surface area (Å²) in [4.78, 5) is 66.0. The van der Waals surface area contributed by atoms with Crippen LogP contribution in [-0.2, 0) is 13.9 Å². The monoisotopic (exact) mass is 578 g/mol. The highest BCUT2D eigenvalue weighted by Crippen LogP contribution is 2.52. The van der Waals surface area contributed by atoms with Crippen LogP contribution in [0, 0.1) is 6.92 Å². The fraction of sp³-hybridized carbons (Fsp3) is 0.450. The number of rotatable bonds is 7. The number of fused-ring (bicyclic) bond motifs is 1. The first kappa shape index (κ1) is 27.4. The quantitative estimate of drug-likeness (QED) is 0.204. The normalized spacial score (nSPS) is 19.6. The minimum absolute atomic E-state index is 0.0261. The Morgan fingerprint density at radius 2 is 1.97 bits per heavy atom. The van der Waals surface area contributed by atoms with Gasteiger partial charge in [0.05, 0.1) is 33.3 Å². The van der Waals surface area contributed by atoms with Crippen LogP contribution in [0.1, 0.15) is 41.2 Å². The number of aromatic carboxylic acids is 1. The lowest BCUT2D eigenvalue weighted by Gasteiger charge is -2.26. The summed E-state index contributed by atoms with van der Waals surface area (Å²) < 4.78 is 28.7. The number of carboxylic acids is 1. The minimum atomic E-state index is -5.16. The van der Waals surface area contributed by atoms with E-state index in [1.807, 2.05) is 0 Å². The number of carboxylic acid groups (broad SMARTS) is 1. The fourth-order valence-corrected chi connectivity index (χ4v) is 6.56. The summed E-state index contributed by atoms with van der Waals surface area (Å²) in [5.74, 6) is -1.37. The van der Waals surface area contributed by atoms with Gasteiger partial charge in [-0.1, -0.05) is 11.6 Å². The van der Waals surface area contributed by atoms with Gasteiger partial charge >= 0.3 is 19.7 Å². The molecule has 1 saturated carbocycles. The summed E-state index contributed by atoms with van der Waals surface area (Å²) in [7, 11) is -9.03. The van der Waals surface area contributed by atoms with E-state index in [0.29, 0.717) is 29.7 Å². The number of hydrogen-bond donors (Lipinski definition) is 6. The second kappa shape index (κ2) is 9.94. The molecule has 2 aromatic rings. The lowest BCUT2D eigenvalue weighted by molar-refractivity contribution is 0.0694. The Labute approximate surface area is 215 Å². The topological polar surface area (TPSA) is 222 Å². The molecule has 2 aliphatic rings. The summed E-state index contributed by atoms with van der Waals surface area (Å²) >= 11 is 6.82. The summed E-state index contributed by atoms with van der Waals surface area (Å²) in [5, 5.41) is 12.2. The second-order valence-electron chi connectivity index (χ2n) is 9.00. The molecule has 1 amide bonds. The SMILES string of the molecule is Cc1c(N2CCC(NC(=O)OC([PH](=O)O)P(=O)(O)O)C2)c(Cl)c2c(c1N)c(=O)c(C(=O)O)cn2C1CC1. The van der Waals surface area contributed by atoms with Crippen molar-refractivity contribution in [2.24, 2.45) is 0 Å². The van der Waals surface area contributed by atoms with Crippen LogP contribution in [0.4, 0.5) is 16.2 Å². The molecule has 17 heteroatoms. The van der Waals surface area contributed by atoms with Crippen molar-refractivity contribution in [3.63, 3.8) is 0 Å². The zero-order valence-corrected chi connectivity index (χ0v) is 22.0. The van der Waals surface area contributed by atoms with Gasteiger partial charge in [-0.05, 0) is 31.7 Å². The molecule has 7 N–H and O–H groups in total. The minimum Gasteiger partial charge on any atom is -0.477 e. The smallest absolute Gasteiger partial charge is 0.408 e. The summed E-state index contributed by atoms with van der Waals surface area (Å²) in [5.41, 5.74) is 4.11. The molecule has 14 nitrogen and oxygen atoms in total. The van der Waals surface area contributed by atoms with E-state index in [0.717, 1.165) is 12.8 Å². The Kier molecular flexibility index (Phi) is 7.37. The molecule has 4 rings (SSSR count). The number of nitrogen functional groups attached to an aromatic ring is 1. The van der Waals surface area contributed by atoms with Crippen molar-refractivity contribution in [1.29, 1.82) is 0 Å². The number of benzene rings is 1. The highest BCUT2D eigenvalue weighted by atomic mass is 35.5. The lowest BCUT2D eigenvalue weighted by Crippen LogP contribution is -2.38. The fourth-order valence-electron chi connectivity index (χ4n) is 4.51. The Morgan fingerprint density at radius 1 is 1.32 bits per heavy atom. The van der Waals surface area contributed by atoms with Gasteiger partial charge in [-0.25, -0.2) is 9.59 Å². The molecule has 1 saturated heterocycles. The zero-order chi connectivity index (χ0) is 27.4. The Balaban J connectivity index is 1.66. The van der Waals surface area contributed by atoms with Crippen LogP contribution >= 0.6 is 27.2 Å². The van der Waals surface area contributed by atoms with Crippen LogP contribution < -0.4 is 21.4 Å². The number of halogens is 1. The molecule has 1 aliphatic carbocycles. The Bertz CT molecular complexity index is 1440. The van der Waals surface area contributed by atoms with Crippen molar-refractivity contribution in [2.75, 3.05) is 23.7 Å². The number of hydrogen-bond acceptors (Lipinski definition) is 8. The molecular weight excluding hydrogens is 554 g/mol. The molecule has 2 fully saturated rings. The van der Waals surface area contributed by atoms with E-state index < -0.39 is 50.3 Å². The molecule has 3 unspecified atom stereocenters. The average Bonchev–Trinajstić information content (AvgIpc) is 3.54. The van der Waals surface area contributed by atoms with Crippen molar-refractivity contribution in [3.8, 4) is 0 Å². The summed E-state index contributed by atoms with van der Waals surface area (Å²) in [6.45, 7) is 2.19. The van der Waals surface area contributed by atoms with Gasteiger partial charge in [0.15, 0.2) is 0 Å². The number of nitrogens with zero attached hydrogens (tertiary/aromatic N) is 2. The molecule has 202 valence electrons. The number of amides is 1. The molecule has 3 atom stereocenters. The number of nitrogens with one attached hydrogen (secondary N) is 1. The molecule has 2 heterocycles. The first-order valence-corrected chi connectivity index (χ1v) is 14.6. The van der Waals surface area contributed by atoms with Crippen LogP contribution in [0.5, 0.6) is 0 Å². The summed E-state index contributed by atoms with van der Waals surface area (Å²) in [6, 6.07) is -0.601. The number of aromatic nitrogens is 1. The van der Waals surface area contributed by atoms with E-state index in [-0.39, 0.29) is 28.7 Å². The van der Waals surface area contributed by atoms with Crippen LogP contribution in [0.3, 0.4) is 0 Å². The van der Waals surface area contributed by atoms with Gasteiger partial charge in [0.25, 0.3) is 5.59 Å². The van der Waals surface area contributed by atoms with Gasteiger partial charge in [0.2, 0.25) is 13.5 Å². The maximum Gasteiger partial charge on any atom is 0.408 e. The van der Waals surface area contributed by atoms with Crippen molar-refractivity contribution >= 4 is 61.6 Å². The molecule has 0 spiro atoms. The van der Waals surface area contributed by atoms with Gasteiger partial charge in [0.1, 0.15) is 5.56 Å². The van der Waals surface area contributed by atoms with Crippen LogP contribution in [0.15, 0.2) is 11.0 Å². The number of anilines is 2. The molecular formula is C20H25ClN4O10P2. The van der Waals surface area contributed by atoms with Gasteiger partial charge in [-0.15, -0.1) is 0 Å². The van der Waals surface area contributed by atoms with Crippen molar-refractivity contribution in [3.05, 3.63) is 32.6 Å². The molecule has 0 radical (unpaired) electrons. The highest BCUT2D eigenvalue weighted by Gasteiger charge is 2.39. The van der Waals surface area contributed by atoms with E-state index in [2.05, 4.69) is 10.1 Å². The van der Waals surface area contributed by atoms with Gasteiger partial charge in [-0.2, -0.15) is 0 Å². The van der Waals surface area contributed by atoms with Gasteiger partial charge < -0.3 is 45.0 Å². The maximum absolute atomic E-state index is 13.0. The van der Waals surface area contributed by atoms with E-state index >= 15 is 0 Å². The Morgan fingerprint density at radius 3 is 2.51 bits per heavy atom. The van der Waals surface area contributed by atoms with Crippen LogP contribution in [0.25, 0.3) is 10.9 Å². The van der Waals surface area contributed by atoms with Crippen molar-refractivity contribution < 1.29 is 43.2 Å². The molecule has 0 bridgehead atoms. The molecule has 1 aromatic heterocycles. The second-order valence-corrected chi connectivity index (χ2v) is 12.7. The highest BCUT2D eigenvalue weighted by molar-refractivity contribution is 7.65. The number of carbonyl (C=O) groups excluding carboxylic acids is 1. The predicted octanol–water partition coefficient (Wildman–Crippen LogP) is 1.81. The molecule has 1 aromatic carbocycles. The third-order valence-corrected chi connectivity index (χ3v) is 9.70. The van der Waals surface area contributed by atoms with Crippen molar-refractivity contribution in [1.82, 2.24) is 9.88 Å². The van der Waals surface area contributed by atoms with Crippen LogP contribution in [0.2, 0.25) is 5.02 Å². The predicted molar refractivity (Wildman–Crippen MR) is 135 cm³/mol. The lowest BCUT2D eigenvalue weighted by atomic mass is 10.0. The van der Waals surface area contributed by atoms with Gasteiger partial charge in [-0.3, -0.25) is 13.9 Å². The number of alkyl carbamates (subject to hydrolysis) is 1. The third kappa shape index (κ3) is 5.22. The third-order valence-electron chi connectivity index (χ3n) is 6.41. The number of carbonyl (C=O) groups is 2. The van der Waals surface area contributed by atoms with E-state index in [9.17, 15) is 28.6 Å². The first-order valence-electron chi connectivity index (χ1n) is 11.1. The first-order chi connectivity index (χ1) is 17.2. The number of pyridine rings is 1. The van der Waals surface area contributed by atoms with E-state index in [4.69, 9.17) is 32.0 Å². The average molecular weight is 579 g/mol. The zero-order valence-electron chi connectivity index (χ0n) is 19.4. The van der Waals surface area contributed by atoms with E-state index in [1.54, 1.807) is 16.4 Å². The number of ether oxygens (including phenoxy) is 1. The molecule has 1 aliphatic heterocycles. The van der Waals surface area contributed by atoms with Crippen molar-refractivity contribution in [2.45, 2.75) is 43.9 Å². The maximum atomic E-state index is 13.0. The standard InChI is InChI=1S/C20H25ClN4O10P2/c1-8-14(22)12-16(25(10-2-3-10)7-11(17(12)26)18(27)28)13(21)15(8)24-5-4-9(6-24)23-19(29)35-20(36(30)31)37(32,33)34/h7,9-10,20,36H,2-6,22H2,1H3,(H,23,29)(H,27,28)(H,30,31)(H2,32,33,34). The summed E-state index contributed by atoms with van der Waals surface area (Å²) in [6.07, 6.45) is 1.94. The Hall–Kier alpha value is -2.60. The van der Waals surface area contributed by atoms with E-state index in [1.165, 1.54) is 6.20 Å².